The second-order valence-electron chi connectivity index (χ2n) is 30.1. The molecule has 10 nitrogen and oxygen atoms in total. The summed E-state index contributed by atoms with van der Waals surface area (Å²) in [5.74, 6) is 2.55. The molecule has 9 aliphatic carbocycles. The third kappa shape index (κ3) is 8.46. The van der Waals surface area contributed by atoms with Gasteiger partial charge in [0.15, 0.2) is 5.78 Å². The van der Waals surface area contributed by atoms with E-state index in [0.717, 1.165) is 138 Å². The minimum Gasteiger partial charge on any atom is -0.508 e. The SMILES string of the molecule is CNCc1cc(O)cc([C@@H]2C[C@@]3(C4CCCCC4)[C@H]4CCC5=C6C(=O)C[C@]5(C)[C@]4(C[C@@H]4NC[C@](C)(O)CCCC[C@@](C)(C2=O)[C@H]43)[C@@H](CO)CC[C@H]2CCC[C@@H]3CC[C@H]([C@@H](O)[C@H]4O[C@]4(C)[C@H]4CCC[C@@H]4c4cccc(N)c4)[C@H]6[C@@H]32)c1. The monoisotopic (exact) mass is 1080 g/mol. The van der Waals surface area contributed by atoms with Gasteiger partial charge in [0.2, 0.25) is 0 Å². The van der Waals surface area contributed by atoms with E-state index < -0.39 is 39.5 Å². The second-order valence-corrected chi connectivity index (χ2v) is 30.1. The van der Waals surface area contributed by atoms with Crippen LogP contribution >= 0.6 is 0 Å². The van der Waals surface area contributed by atoms with Crippen LogP contribution in [0.5, 0.6) is 5.75 Å². The molecule has 7 saturated carbocycles. The molecule has 2 heterocycles. The molecule has 432 valence electrons. The van der Waals surface area contributed by atoms with Crippen LogP contribution < -0.4 is 16.4 Å². The predicted octanol–water partition coefficient (Wildman–Crippen LogP) is 11.9. The van der Waals surface area contributed by atoms with Crippen molar-refractivity contribution in [1.29, 1.82) is 0 Å². The molecule has 2 aromatic rings. The van der Waals surface area contributed by atoms with Crippen LogP contribution in [0, 0.1) is 80.8 Å². The number of carbonyl (C=O) groups excluding carboxylic acids is 2. The number of allylic oxidation sites excluding steroid dienone is 2. The fraction of sp³-hybridized carbons (Fsp3) is 0.768. The van der Waals surface area contributed by atoms with E-state index in [1.54, 1.807) is 0 Å². The van der Waals surface area contributed by atoms with E-state index in [1.807, 2.05) is 32.2 Å². The van der Waals surface area contributed by atoms with Gasteiger partial charge in [-0.25, -0.2) is 0 Å². The number of aromatic hydroxyl groups is 1. The summed E-state index contributed by atoms with van der Waals surface area (Å²) in [4.78, 5) is 32.6. The number of hydrogen-bond acceptors (Lipinski definition) is 10. The Kier molecular flexibility index (Phi) is 14.2. The molecule has 0 radical (unpaired) electrons. The van der Waals surface area contributed by atoms with Gasteiger partial charge in [0.05, 0.1) is 17.3 Å². The second kappa shape index (κ2) is 20.3. The number of Topliss-reactive ketones (excluding diaryl/α,β-unsaturated/α-hetero) is 2. The number of benzene rings is 2. The molecule has 79 heavy (non-hydrogen) atoms. The number of nitrogens with two attached hydrogens (primary N) is 1. The van der Waals surface area contributed by atoms with E-state index in [1.165, 1.54) is 30.4 Å². The third-order valence-corrected chi connectivity index (χ3v) is 26.4. The standard InChI is InChI=1S/C69H99N3O7/c1-64(78)28-9-10-29-65(2)61-54(72-39-64)35-69-46(38-73)24-22-41-14-11-15-42-23-25-50(60(76)63-67(4,79-63)52-21-13-20-49(52)43-16-12-19-47(70)32-43)58(57(41)42)59-53(66(69,3)36-55(59)75)26-27-56(69)68(61,45-17-7-6-8-18-45)34-51(62(65)77)44-30-40(37-71-5)31-48(74)33-44/h12,16,19,30-33,41-42,45-46,49-52,54,56-58,60-61,63,71-74,76,78H,6-11,13-15,17-18,20-29,34-39,70H2,1-5H3/t41-,42-,46-,49-,50+,51+,52+,54+,56-,57-,58+,60-,61+,63-,64-,65-,66+,67-,68-,69-/m1/s1. The summed E-state index contributed by atoms with van der Waals surface area (Å²) in [6.07, 6.45) is 22.3. The smallest absolute Gasteiger partial charge is 0.160 e. The van der Waals surface area contributed by atoms with Gasteiger partial charge in [-0.2, -0.15) is 0 Å². The van der Waals surface area contributed by atoms with Crippen LogP contribution in [0.1, 0.15) is 210 Å². The number of ether oxygens (including phenoxy) is 1. The Balaban J connectivity index is 0.981. The number of phenolic OH excluding ortho intramolecular Hbond substituents is 1. The van der Waals surface area contributed by atoms with Gasteiger partial charge >= 0.3 is 0 Å². The zero-order valence-electron chi connectivity index (χ0n) is 48.9. The maximum absolute atomic E-state index is 16.3. The van der Waals surface area contributed by atoms with Crippen molar-refractivity contribution in [2.45, 2.75) is 230 Å². The summed E-state index contributed by atoms with van der Waals surface area (Å²) in [7, 11) is 1.93. The molecule has 11 aliphatic rings. The number of ketones is 2. The Morgan fingerprint density at radius 1 is 0.823 bits per heavy atom. The topological polar surface area (TPSA) is 178 Å². The molecule has 8 N–H and O–H groups in total. The van der Waals surface area contributed by atoms with Gasteiger partial charge in [0.25, 0.3) is 0 Å². The molecule has 2 aromatic carbocycles. The summed E-state index contributed by atoms with van der Waals surface area (Å²) in [6.45, 7) is 10.2. The minimum atomic E-state index is -0.925. The molecule has 20 atom stereocenters. The molecule has 10 heteroatoms. The van der Waals surface area contributed by atoms with Crippen molar-refractivity contribution in [1.82, 2.24) is 10.6 Å². The number of epoxide rings is 1. The molecule has 1 spiro atoms. The first-order valence-electron chi connectivity index (χ1n) is 32.5. The van der Waals surface area contributed by atoms with E-state index in [9.17, 15) is 20.4 Å². The lowest BCUT2D eigenvalue weighted by Crippen LogP contribution is -2.75. The van der Waals surface area contributed by atoms with Crippen molar-refractivity contribution in [2.24, 2.45) is 80.8 Å². The van der Waals surface area contributed by atoms with Crippen molar-refractivity contribution in [3.05, 3.63) is 70.3 Å². The average Bonchev–Trinajstić information content (AvgIpc) is 2.09. The zero-order valence-corrected chi connectivity index (χ0v) is 48.9. The number of aliphatic hydroxyl groups is 3. The number of carbonyl (C=O) groups is 2. The molecular formula is C69H99N3O7. The number of β-amino-alcohol motifs (C(OH)–C–C–N with tert-alkyl or cyclic N) is 1. The number of phenols is 1. The average molecular weight is 1080 g/mol. The van der Waals surface area contributed by atoms with Crippen LogP contribution in [-0.4, -0.2) is 81.6 Å². The molecule has 0 amide bonds. The number of rotatable bonds is 9. The Morgan fingerprint density at radius 2 is 1.58 bits per heavy atom. The van der Waals surface area contributed by atoms with Crippen LogP contribution in [0.25, 0.3) is 0 Å². The van der Waals surface area contributed by atoms with E-state index in [4.69, 9.17) is 10.5 Å². The third-order valence-electron chi connectivity index (χ3n) is 26.4. The quantitative estimate of drug-likeness (QED) is 0.0945. The van der Waals surface area contributed by atoms with Gasteiger partial charge in [0, 0.05) is 54.6 Å². The molecule has 13 rings (SSSR count). The Morgan fingerprint density at radius 3 is 2.34 bits per heavy atom. The predicted molar refractivity (Wildman–Crippen MR) is 310 cm³/mol. The summed E-state index contributed by atoms with van der Waals surface area (Å²) in [6, 6.07) is 14.2. The molecule has 4 bridgehead atoms. The van der Waals surface area contributed by atoms with Gasteiger partial charge in [-0.05, 0) is 233 Å². The molecule has 9 fully saturated rings. The Labute approximate surface area is 473 Å². The number of anilines is 1. The number of nitrogen functional groups attached to an aromatic ring is 1. The van der Waals surface area contributed by atoms with Gasteiger partial charge in [-0.1, -0.05) is 95.4 Å². The lowest BCUT2D eigenvalue weighted by atomic mass is 9.29. The highest BCUT2D eigenvalue weighted by Gasteiger charge is 2.77. The first kappa shape index (κ1) is 55.1. The molecule has 2 aliphatic heterocycles. The Hall–Kier alpha value is -3.12. The fourth-order valence-electron chi connectivity index (χ4n) is 23.6. The highest BCUT2D eigenvalue weighted by Crippen LogP contribution is 2.80. The summed E-state index contributed by atoms with van der Waals surface area (Å²) in [5, 5.41) is 57.3. The van der Waals surface area contributed by atoms with Crippen molar-refractivity contribution in [3.8, 4) is 5.75 Å². The van der Waals surface area contributed by atoms with Gasteiger partial charge < -0.3 is 41.5 Å². The van der Waals surface area contributed by atoms with Crippen molar-refractivity contribution in [3.63, 3.8) is 0 Å². The maximum atomic E-state index is 16.3. The van der Waals surface area contributed by atoms with Crippen molar-refractivity contribution in [2.75, 3.05) is 25.9 Å². The lowest BCUT2D eigenvalue weighted by Gasteiger charge is -2.75. The van der Waals surface area contributed by atoms with Crippen LogP contribution in [0.3, 0.4) is 0 Å². The maximum Gasteiger partial charge on any atom is 0.160 e. The number of fused-ring (bicyclic) bond motifs is 2. The van der Waals surface area contributed by atoms with E-state index in [0.29, 0.717) is 73.5 Å². The number of hydrogen-bond donors (Lipinski definition) is 7. The van der Waals surface area contributed by atoms with E-state index in [2.05, 4.69) is 55.7 Å². The van der Waals surface area contributed by atoms with Gasteiger partial charge in [-0.3, -0.25) is 9.59 Å². The lowest BCUT2D eigenvalue weighted by molar-refractivity contribution is -0.250. The van der Waals surface area contributed by atoms with Crippen LogP contribution in [0.15, 0.2) is 53.6 Å². The minimum absolute atomic E-state index is 0.00108. The van der Waals surface area contributed by atoms with Gasteiger partial charge in [-0.15, -0.1) is 0 Å². The Bertz CT molecular complexity index is 2700. The van der Waals surface area contributed by atoms with Crippen molar-refractivity contribution < 1.29 is 34.8 Å². The van der Waals surface area contributed by atoms with E-state index >= 15 is 9.59 Å². The van der Waals surface area contributed by atoms with Crippen LogP contribution in [0.2, 0.25) is 0 Å². The first-order valence-corrected chi connectivity index (χ1v) is 32.5. The first-order chi connectivity index (χ1) is 37.9. The molecule has 2 saturated heterocycles. The van der Waals surface area contributed by atoms with Crippen molar-refractivity contribution >= 4 is 17.3 Å². The highest BCUT2D eigenvalue weighted by molar-refractivity contribution is 6.01. The summed E-state index contributed by atoms with van der Waals surface area (Å²) in [5.41, 5.74) is 9.38. The molecule has 0 unspecified atom stereocenters. The van der Waals surface area contributed by atoms with Crippen LogP contribution in [0.4, 0.5) is 5.69 Å². The zero-order chi connectivity index (χ0) is 55.0. The van der Waals surface area contributed by atoms with Gasteiger partial charge in [0.1, 0.15) is 17.6 Å². The van der Waals surface area contributed by atoms with Crippen LogP contribution in [-0.2, 0) is 20.9 Å². The summed E-state index contributed by atoms with van der Waals surface area (Å²) >= 11 is 0. The largest absolute Gasteiger partial charge is 0.508 e. The van der Waals surface area contributed by atoms with E-state index in [-0.39, 0.29) is 65.4 Å². The highest BCUT2D eigenvalue weighted by atomic mass is 16.6. The summed E-state index contributed by atoms with van der Waals surface area (Å²) < 4.78 is 6.98. The molecular weight excluding hydrogens is 983 g/mol. The number of aliphatic hydroxyl groups excluding tert-OH is 2. The normalized spacial score (nSPS) is 46.5. The molecule has 0 aromatic heterocycles. The number of nitrogens with one attached hydrogen (secondary N) is 2. The fourth-order valence-corrected chi connectivity index (χ4v) is 23.6.